The standard InChI is InChI=1S/C23H27N3O4S/c1-3-11-30-23(28)20-15(2)25-22(17(13-24)21(20)18-10-7-12-29-18)31-14-19(27)26-16-8-5-4-6-9-16/h3,7,10,12,16,21,25H,1,4-6,8-9,11,14H2,2H3,(H,26,27). The van der Waals surface area contributed by atoms with E-state index in [4.69, 9.17) is 9.15 Å². The van der Waals surface area contributed by atoms with Crippen molar-refractivity contribution < 1.29 is 18.7 Å². The van der Waals surface area contributed by atoms with Gasteiger partial charge in [0, 0.05) is 11.7 Å². The van der Waals surface area contributed by atoms with Gasteiger partial charge in [0.25, 0.3) is 0 Å². The monoisotopic (exact) mass is 441 g/mol. The molecule has 0 bridgehead atoms. The maximum Gasteiger partial charge on any atom is 0.337 e. The molecular formula is C23H27N3O4S. The number of dihydropyridines is 1. The first kappa shape index (κ1) is 22.8. The quantitative estimate of drug-likeness (QED) is 0.466. The molecule has 0 aromatic carbocycles. The van der Waals surface area contributed by atoms with Crippen LogP contribution in [0.25, 0.3) is 0 Å². The predicted octanol–water partition coefficient (Wildman–Crippen LogP) is 3.89. The first-order chi connectivity index (χ1) is 15.0. The zero-order valence-electron chi connectivity index (χ0n) is 17.6. The van der Waals surface area contributed by atoms with Crippen molar-refractivity contribution in [2.24, 2.45) is 0 Å². The highest BCUT2D eigenvalue weighted by Gasteiger charge is 2.37. The number of rotatable bonds is 8. The van der Waals surface area contributed by atoms with E-state index in [1.807, 2.05) is 0 Å². The molecule has 164 valence electrons. The van der Waals surface area contributed by atoms with Crippen molar-refractivity contribution in [2.75, 3.05) is 12.4 Å². The number of esters is 1. The van der Waals surface area contributed by atoms with Gasteiger partial charge in [0.2, 0.25) is 5.91 Å². The molecule has 1 saturated carbocycles. The van der Waals surface area contributed by atoms with Gasteiger partial charge in [-0.3, -0.25) is 4.79 Å². The molecule has 0 spiro atoms. The van der Waals surface area contributed by atoms with E-state index in [0.717, 1.165) is 25.7 Å². The summed E-state index contributed by atoms with van der Waals surface area (Å²) >= 11 is 1.25. The summed E-state index contributed by atoms with van der Waals surface area (Å²) in [6, 6.07) is 5.86. The van der Waals surface area contributed by atoms with Gasteiger partial charge in [0.1, 0.15) is 12.4 Å². The Labute approximate surface area is 186 Å². The number of thioether (sulfide) groups is 1. The molecule has 2 aliphatic rings. The number of carbonyl (C=O) groups is 2. The Hall–Kier alpha value is -2.92. The summed E-state index contributed by atoms with van der Waals surface area (Å²) in [7, 11) is 0. The Kier molecular flexibility index (Phi) is 8.01. The van der Waals surface area contributed by atoms with Gasteiger partial charge in [-0.15, -0.1) is 0 Å². The third kappa shape index (κ3) is 5.61. The number of nitrogens with zero attached hydrogens (tertiary/aromatic N) is 1. The van der Waals surface area contributed by atoms with Gasteiger partial charge in [0.05, 0.1) is 40.2 Å². The number of hydrogen-bond acceptors (Lipinski definition) is 7. The predicted molar refractivity (Wildman–Crippen MR) is 119 cm³/mol. The molecule has 1 fully saturated rings. The highest BCUT2D eigenvalue weighted by atomic mass is 32.2. The van der Waals surface area contributed by atoms with Gasteiger partial charge in [-0.05, 0) is 31.9 Å². The summed E-state index contributed by atoms with van der Waals surface area (Å²) in [5, 5.41) is 16.7. The van der Waals surface area contributed by atoms with Crippen LogP contribution in [-0.4, -0.2) is 30.3 Å². The van der Waals surface area contributed by atoms with Gasteiger partial charge in [-0.25, -0.2) is 4.79 Å². The van der Waals surface area contributed by atoms with Crippen molar-refractivity contribution in [1.29, 1.82) is 5.26 Å². The van der Waals surface area contributed by atoms with Gasteiger partial charge < -0.3 is 19.8 Å². The van der Waals surface area contributed by atoms with Crippen LogP contribution >= 0.6 is 11.8 Å². The summed E-state index contributed by atoms with van der Waals surface area (Å²) in [5.74, 6) is -0.664. The Morgan fingerprint density at radius 3 is 2.84 bits per heavy atom. The summed E-state index contributed by atoms with van der Waals surface area (Å²) in [5.41, 5.74) is 1.19. The molecule has 1 aliphatic carbocycles. The fourth-order valence-electron chi connectivity index (χ4n) is 3.90. The van der Waals surface area contributed by atoms with Crippen LogP contribution in [0.3, 0.4) is 0 Å². The van der Waals surface area contributed by atoms with Crippen LogP contribution in [0.1, 0.15) is 50.7 Å². The third-order valence-corrected chi connectivity index (χ3v) is 6.36. The van der Waals surface area contributed by atoms with Crippen molar-refractivity contribution in [1.82, 2.24) is 10.6 Å². The van der Waals surface area contributed by atoms with Crippen LogP contribution in [-0.2, 0) is 14.3 Å². The molecule has 0 radical (unpaired) electrons. The van der Waals surface area contributed by atoms with Crippen molar-refractivity contribution in [2.45, 2.75) is 51.0 Å². The zero-order valence-corrected chi connectivity index (χ0v) is 18.4. The summed E-state index contributed by atoms with van der Waals surface area (Å²) in [6.45, 7) is 5.37. The number of nitrogens with one attached hydrogen (secondary N) is 2. The first-order valence-corrected chi connectivity index (χ1v) is 11.4. The molecule has 0 saturated heterocycles. The minimum Gasteiger partial charge on any atom is -0.468 e. The topological polar surface area (TPSA) is 104 Å². The van der Waals surface area contributed by atoms with Crippen molar-refractivity contribution >= 4 is 23.6 Å². The average Bonchev–Trinajstić information content (AvgIpc) is 3.30. The lowest BCUT2D eigenvalue weighted by molar-refractivity contribution is -0.138. The first-order valence-electron chi connectivity index (χ1n) is 10.4. The van der Waals surface area contributed by atoms with E-state index in [-0.39, 0.29) is 24.3 Å². The fourth-order valence-corrected chi connectivity index (χ4v) is 4.81. The van der Waals surface area contributed by atoms with Gasteiger partial charge >= 0.3 is 5.97 Å². The second-order valence-electron chi connectivity index (χ2n) is 7.54. The molecule has 1 atom stereocenters. The average molecular weight is 442 g/mol. The molecule has 1 aliphatic heterocycles. The van der Waals surface area contributed by atoms with Crippen LogP contribution in [0, 0.1) is 11.3 Å². The number of ether oxygens (including phenoxy) is 1. The Bertz CT molecular complexity index is 921. The van der Waals surface area contributed by atoms with Crippen LogP contribution in [0.5, 0.6) is 0 Å². The largest absolute Gasteiger partial charge is 0.468 e. The minimum absolute atomic E-state index is 0.0594. The molecule has 1 amide bonds. The number of amides is 1. The fraction of sp³-hybridized carbons (Fsp3) is 0.435. The molecule has 3 rings (SSSR count). The van der Waals surface area contributed by atoms with Gasteiger partial charge in [-0.1, -0.05) is 43.7 Å². The van der Waals surface area contributed by atoms with Crippen molar-refractivity contribution in [3.05, 3.63) is 58.7 Å². The molecule has 1 aromatic rings. The molecule has 1 aromatic heterocycles. The lowest BCUT2D eigenvalue weighted by Gasteiger charge is -2.28. The lowest BCUT2D eigenvalue weighted by Crippen LogP contribution is -2.37. The number of furan rings is 1. The molecule has 7 nitrogen and oxygen atoms in total. The Morgan fingerprint density at radius 2 is 2.19 bits per heavy atom. The maximum absolute atomic E-state index is 12.7. The highest BCUT2D eigenvalue weighted by Crippen LogP contribution is 2.41. The summed E-state index contributed by atoms with van der Waals surface area (Å²) in [4.78, 5) is 25.2. The number of allylic oxidation sites excluding steroid dienone is 2. The molecule has 2 N–H and O–H groups in total. The smallest absolute Gasteiger partial charge is 0.337 e. The highest BCUT2D eigenvalue weighted by molar-refractivity contribution is 8.03. The van der Waals surface area contributed by atoms with E-state index in [9.17, 15) is 14.9 Å². The van der Waals surface area contributed by atoms with Crippen LogP contribution < -0.4 is 10.6 Å². The van der Waals surface area contributed by atoms with Crippen molar-refractivity contribution in [3.63, 3.8) is 0 Å². The minimum atomic E-state index is -0.706. The number of carbonyl (C=O) groups excluding carboxylic acids is 2. The third-order valence-electron chi connectivity index (χ3n) is 5.35. The van der Waals surface area contributed by atoms with Crippen LogP contribution in [0.4, 0.5) is 0 Å². The summed E-state index contributed by atoms with van der Waals surface area (Å²) < 4.78 is 10.8. The zero-order chi connectivity index (χ0) is 22.2. The Morgan fingerprint density at radius 1 is 1.42 bits per heavy atom. The molecule has 2 heterocycles. The molecule has 31 heavy (non-hydrogen) atoms. The van der Waals surface area contributed by atoms with E-state index in [0.29, 0.717) is 27.6 Å². The van der Waals surface area contributed by atoms with E-state index >= 15 is 0 Å². The summed E-state index contributed by atoms with van der Waals surface area (Å²) in [6.07, 6.45) is 8.52. The number of hydrogen-bond donors (Lipinski definition) is 2. The molecule has 1 unspecified atom stereocenters. The Balaban J connectivity index is 1.79. The second kappa shape index (κ2) is 10.9. The van der Waals surface area contributed by atoms with E-state index in [1.165, 1.54) is 30.5 Å². The van der Waals surface area contributed by atoms with Crippen molar-refractivity contribution in [3.8, 4) is 6.07 Å². The van der Waals surface area contributed by atoms with Gasteiger partial charge in [0.15, 0.2) is 0 Å². The SMILES string of the molecule is C=CCOC(=O)C1=C(C)NC(SCC(=O)NC2CCCCC2)=C(C#N)C1c1ccco1. The molecule has 8 heteroatoms. The van der Waals surface area contributed by atoms with Crippen LogP contribution in [0.15, 0.2) is 57.3 Å². The van der Waals surface area contributed by atoms with E-state index < -0.39 is 11.9 Å². The molecular weight excluding hydrogens is 414 g/mol. The lowest BCUT2D eigenvalue weighted by atomic mass is 9.86. The van der Waals surface area contributed by atoms with E-state index in [2.05, 4.69) is 23.3 Å². The number of nitriles is 1. The second-order valence-corrected chi connectivity index (χ2v) is 8.53. The normalized spacial score (nSPS) is 19.4. The van der Waals surface area contributed by atoms with E-state index in [1.54, 1.807) is 19.1 Å². The van der Waals surface area contributed by atoms with Crippen LogP contribution in [0.2, 0.25) is 0 Å². The van der Waals surface area contributed by atoms with Gasteiger partial charge in [-0.2, -0.15) is 5.26 Å². The maximum atomic E-state index is 12.7.